The quantitative estimate of drug-likeness (QED) is 0.838. The molecule has 0 saturated carbocycles. The van der Waals surface area contributed by atoms with E-state index in [1.54, 1.807) is 0 Å². The molecule has 1 aromatic carbocycles. The molecule has 1 saturated heterocycles. The third-order valence-corrected chi connectivity index (χ3v) is 4.02. The Labute approximate surface area is 113 Å². The van der Waals surface area contributed by atoms with E-state index >= 15 is 0 Å². The molecular weight excluding hydrogens is 240 g/mol. The first kappa shape index (κ1) is 12.8. The van der Waals surface area contributed by atoms with Gasteiger partial charge in [-0.3, -0.25) is 4.79 Å². The zero-order valence-electron chi connectivity index (χ0n) is 11.1. The van der Waals surface area contributed by atoms with Gasteiger partial charge in [-0.05, 0) is 36.8 Å². The predicted molar refractivity (Wildman–Crippen MR) is 72.1 cm³/mol. The molecule has 3 nitrogen and oxygen atoms in total. The summed E-state index contributed by atoms with van der Waals surface area (Å²) in [6, 6.07) is 8.27. The monoisotopic (exact) mass is 260 g/mol. The molecule has 0 spiro atoms. The van der Waals surface area contributed by atoms with Gasteiger partial charge in [0.05, 0.1) is 12.7 Å². The van der Waals surface area contributed by atoms with Crippen LogP contribution in [-0.2, 0) is 20.7 Å². The van der Waals surface area contributed by atoms with Crippen LogP contribution in [0, 0.1) is 0 Å². The largest absolute Gasteiger partial charge is 0.373 e. The van der Waals surface area contributed by atoms with E-state index in [1.165, 1.54) is 11.1 Å². The second kappa shape index (κ2) is 5.85. The first-order valence-electron chi connectivity index (χ1n) is 7.18. The molecule has 0 aliphatic carbocycles. The highest BCUT2D eigenvalue weighted by molar-refractivity contribution is 5.83. The van der Waals surface area contributed by atoms with Crippen molar-refractivity contribution in [2.75, 3.05) is 13.2 Å². The van der Waals surface area contributed by atoms with E-state index in [2.05, 4.69) is 12.1 Å². The number of hydrogen-bond donors (Lipinski definition) is 0. The maximum Gasteiger partial charge on any atom is 0.164 e. The fourth-order valence-corrected chi connectivity index (χ4v) is 2.95. The Morgan fingerprint density at radius 3 is 2.89 bits per heavy atom. The summed E-state index contributed by atoms with van der Waals surface area (Å²) in [5.41, 5.74) is 2.49. The normalized spacial score (nSPS) is 26.7. The summed E-state index contributed by atoms with van der Waals surface area (Å²) in [4.78, 5) is 12.3. The number of carbonyl (C=O) groups excluding carboxylic acids is 1. The van der Waals surface area contributed by atoms with Crippen molar-refractivity contribution in [3.8, 4) is 0 Å². The smallest absolute Gasteiger partial charge is 0.164 e. The second-order valence-corrected chi connectivity index (χ2v) is 5.33. The summed E-state index contributed by atoms with van der Waals surface area (Å²) in [6.07, 6.45) is 4.15. The number of Topliss-reactive ketones (excluding diaryl/α,β-unsaturated/α-hetero) is 1. The van der Waals surface area contributed by atoms with E-state index in [-0.39, 0.29) is 18.0 Å². The number of rotatable bonds is 3. The average Bonchev–Trinajstić information content (AvgIpc) is 2.48. The summed E-state index contributed by atoms with van der Waals surface area (Å²) in [5, 5.41) is 0. The number of carbonyl (C=O) groups is 1. The molecule has 3 rings (SSSR count). The van der Waals surface area contributed by atoms with Gasteiger partial charge in [0, 0.05) is 13.0 Å². The molecular formula is C16H20O3. The summed E-state index contributed by atoms with van der Waals surface area (Å²) in [7, 11) is 0. The van der Waals surface area contributed by atoms with Crippen LogP contribution in [0.3, 0.4) is 0 Å². The molecule has 0 amide bonds. The van der Waals surface area contributed by atoms with Crippen LogP contribution in [0.25, 0.3) is 0 Å². The van der Waals surface area contributed by atoms with Crippen LogP contribution in [0.2, 0.25) is 0 Å². The van der Waals surface area contributed by atoms with E-state index in [9.17, 15) is 4.79 Å². The maximum absolute atomic E-state index is 12.3. The van der Waals surface area contributed by atoms with Gasteiger partial charge in [0.15, 0.2) is 5.78 Å². The molecule has 0 aromatic heterocycles. The molecule has 2 aliphatic rings. The van der Waals surface area contributed by atoms with Gasteiger partial charge in [-0.2, -0.15) is 0 Å². The van der Waals surface area contributed by atoms with Gasteiger partial charge in [-0.25, -0.2) is 0 Å². The van der Waals surface area contributed by atoms with E-state index < -0.39 is 0 Å². The second-order valence-electron chi connectivity index (χ2n) is 5.33. The fraction of sp³-hybridized carbons (Fsp3) is 0.562. The molecule has 3 heteroatoms. The molecule has 1 fully saturated rings. The Kier molecular flexibility index (Phi) is 3.95. The van der Waals surface area contributed by atoms with Crippen molar-refractivity contribution >= 4 is 5.78 Å². The summed E-state index contributed by atoms with van der Waals surface area (Å²) in [5.74, 6) is 0.196. The van der Waals surface area contributed by atoms with Gasteiger partial charge in [-0.1, -0.05) is 24.3 Å². The molecule has 2 heterocycles. The van der Waals surface area contributed by atoms with E-state index in [0.717, 1.165) is 32.3 Å². The summed E-state index contributed by atoms with van der Waals surface area (Å²) >= 11 is 0. The van der Waals surface area contributed by atoms with Gasteiger partial charge < -0.3 is 9.47 Å². The predicted octanol–water partition coefficient (Wildman–Crippen LogP) is 2.83. The lowest BCUT2D eigenvalue weighted by Gasteiger charge is -2.28. The van der Waals surface area contributed by atoms with Crippen molar-refractivity contribution in [2.24, 2.45) is 0 Å². The minimum Gasteiger partial charge on any atom is -0.373 e. The van der Waals surface area contributed by atoms with Crippen LogP contribution in [-0.4, -0.2) is 25.1 Å². The Hall–Kier alpha value is -1.19. The van der Waals surface area contributed by atoms with Crippen LogP contribution < -0.4 is 0 Å². The molecule has 0 radical (unpaired) electrons. The minimum atomic E-state index is -0.202. The van der Waals surface area contributed by atoms with Crippen LogP contribution in [0.5, 0.6) is 0 Å². The lowest BCUT2D eigenvalue weighted by Crippen LogP contribution is -2.30. The van der Waals surface area contributed by atoms with Crippen LogP contribution in [0.15, 0.2) is 24.3 Å². The van der Waals surface area contributed by atoms with Gasteiger partial charge in [-0.15, -0.1) is 0 Å². The SMILES string of the molecule is O=C(CC1OCCc2ccccc21)C1CCCCO1. The van der Waals surface area contributed by atoms with Crippen molar-refractivity contribution in [1.29, 1.82) is 0 Å². The standard InChI is InChI=1S/C16H20O3/c17-14(15-7-3-4-9-18-15)11-16-13-6-2-1-5-12(13)8-10-19-16/h1-2,5-6,15-16H,3-4,7-11H2. The Morgan fingerprint density at radius 2 is 2.05 bits per heavy atom. The van der Waals surface area contributed by atoms with Crippen LogP contribution in [0.4, 0.5) is 0 Å². The first-order chi connectivity index (χ1) is 9.34. The number of ketones is 1. The maximum atomic E-state index is 12.3. The van der Waals surface area contributed by atoms with E-state index in [4.69, 9.17) is 9.47 Å². The van der Waals surface area contributed by atoms with Gasteiger partial charge in [0.25, 0.3) is 0 Å². The first-order valence-corrected chi connectivity index (χ1v) is 7.18. The zero-order chi connectivity index (χ0) is 13.1. The van der Waals surface area contributed by atoms with Crippen molar-refractivity contribution in [2.45, 2.75) is 44.3 Å². The van der Waals surface area contributed by atoms with Crippen LogP contribution >= 0.6 is 0 Å². The Morgan fingerprint density at radius 1 is 1.16 bits per heavy atom. The van der Waals surface area contributed by atoms with Gasteiger partial charge in [0.2, 0.25) is 0 Å². The third kappa shape index (κ3) is 2.88. The number of fused-ring (bicyclic) bond motifs is 1. The summed E-state index contributed by atoms with van der Waals surface area (Å²) < 4.78 is 11.4. The highest BCUT2D eigenvalue weighted by atomic mass is 16.5. The summed E-state index contributed by atoms with van der Waals surface area (Å²) in [6.45, 7) is 1.43. The highest BCUT2D eigenvalue weighted by Crippen LogP contribution is 2.30. The molecule has 1 aromatic rings. The van der Waals surface area contributed by atoms with E-state index in [0.29, 0.717) is 13.0 Å². The fourth-order valence-electron chi connectivity index (χ4n) is 2.95. The number of hydrogen-bond acceptors (Lipinski definition) is 3. The molecule has 102 valence electrons. The zero-order valence-corrected chi connectivity index (χ0v) is 11.1. The molecule has 0 N–H and O–H groups in total. The van der Waals surface area contributed by atoms with Crippen molar-refractivity contribution in [1.82, 2.24) is 0 Å². The highest BCUT2D eigenvalue weighted by Gasteiger charge is 2.28. The molecule has 2 aliphatic heterocycles. The van der Waals surface area contributed by atoms with Gasteiger partial charge >= 0.3 is 0 Å². The lowest BCUT2D eigenvalue weighted by molar-refractivity contribution is -0.136. The lowest BCUT2D eigenvalue weighted by atomic mass is 9.92. The molecule has 2 atom stereocenters. The number of benzene rings is 1. The molecule has 0 bridgehead atoms. The molecule has 19 heavy (non-hydrogen) atoms. The minimum absolute atomic E-state index is 0.0806. The topological polar surface area (TPSA) is 35.5 Å². The van der Waals surface area contributed by atoms with Crippen molar-refractivity contribution < 1.29 is 14.3 Å². The van der Waals surface area contributed by atoms with Crippen LogP contribution in [0.1, 0.15) is 42.9 Å². The Balaban J connectivity index is 1.68. The van der Waals surface area contributed by atoms with Crippen molar-refractivity contribution in [3.63, 3.8) is 0 Å². The average molecular weight is 260 g/mol. The molecule has 2 unspecified atom stereocenters. The van der Waals surface area contributed by atoms with Crippen molar-refractivity contribution in [3.05, 3.63) is 35.4 Å². The number of ether oxygens (including phenoxy) is 2. The Bertz CT molecular complexity index is 449. The third-order valence-electron chi connectivity index (χ3n) is 4.02. The van der Waals surface area contributed by atoms with E-state index in [1.807, 2.05) is 12.1 Å². The van der Waals surface area contributed by atoms with Gasteiger partial charge in [0.1, 0.15) is 6.10 Å².